The van der Waals surface area contributed by atoms with E-state index in [2.05, 4.69) is 0 Å². The standard InChI is InChI=1S/C15H20F6O5S/c1-12(2,3)26-11(22)25-10-6-7-4-8(10)5-9(7)13(16,14(17,18)19)15(20,21)27(23)24/h7-10,27H,4-6H2,1-3H3. The average molecular weight is 426 g/mol. The van der Waals surface area contributed by atoms with Crippen molar-refractivity contribution in [3.05, 3.63) is 0 Å². The molecule has 5 nitrogen and oxygen atoms in total. The fourth-order valence-electron chi connectivity index (χ4n) is 3.99. The van der Waals surface area contributed by atoms with Crippen LogP contribution in [0.4, 0.5) is 31.1 Å². The minimum absolute atomic E-state index is 0.0778. The molecule has 12 heteroatoms. The lowest BCUT2D eigenvalue weighted by Gasteiger charge is -2.41. The molecule has 0 saturated heterocycles. The number of hydrogen-bond acceptors (Lipinski definition) is 5. The predicted molar refractivity (Wildman–Crippen MR) is 80.6 cm³/mol. The number of alkyl halides is 6. The summed E-state index contributed by atoms with van der Waals surface area (Å²) in [6, 6.07) is 0. The largest absolute Gasteiger partial charge is 0.509 e. The predicted octanol–water partition coefficient (Wildman–Crippen LogP) is 3.83. The normalized spacial score (nSPS) is 31.0. The van der Waals surface area contributed by atoms with Gasteiger partial charge < -0.3 is 9.47 Å². The van der Waals surface area contributed by atoms with Crippen LogP contribution in [0.2, 0.25) is 0 Å². The Morgan fingerprint density at radius 3 is 1.85 bits per heavy atom. The maximum atomic E-state index is 14.7. The van der Waals surface area contributed by atoms with Crippen LogP contribution in [0.5, 0.6) is 0 Å². The van der Waals surface area contributed by atoms with Gasteiger partial charge >= 0.3 is 17.6 Å². The van der Waals surface area contributed by atoms with Crippen LogP contribution in [0.3, 0.4) is 0 Å². The molecule has 2 saturated carbocycles. The van der Waals surface area contributed by atoms with E-state index in [-0.39, 0.29) is 12.8 Å². The third kappa shape index (κ3) is 3.86. The average Bonchev–Trinajstić information content (AvgIpc) is 3.02. The highest BCUT2D eigenvalue weighted by Crippen LogP contribution is 2.61. The smallest absolute Gasteiger partial charge is 0.431 e. The molecule has 0 aliphatic heterocycles. The molecule has 2 aliphatic rings. The van der Waals surface area contributed by atoms with Crippen molar-refractivity contribution in [1.29, 1.82) is 0 Å². The minimum Gasteiger partial charge on any atom is -0.431 e. The highest BCUT2D eigenvalue weighted by atomic mass is 32.2. The molecule has 0 heterocycles. The molecule has 5 unspecified atom stereocenters. The first-order valence-corrected chi connectivity index (χ1v) is 9.36. The molecule has 0 aromatic rings. The summed E-state index contributed by atoms with van der Waals surface area (Å²) < 4.78 is 113. The molecule has 0 aromatic heterocycles. The van der Waals surface area contributed by atoms with Crippen LogP contribution in [0, 0.1) is 17.8 Å². The monoisotopic (exact) mass is 426 g/mol. The third-order valence-electron chi connectivity index (χ3n) is 5.02. The van der Waals surface area contributed by atoms with Crippen molar-refractivity contribution in [2.45, 2.75) is 68.8 Å². The van der Waals surface area contributed by atoms with E-state index in [0.717, 1.165) is 0 Å². The summed E-state index contributed by atoms with van der Waals surface area (Å²) in [5.41, 5.74) is -6.07. The first-order valence-electron chi connectivity index (χ1n) is 8.18. The van der Waals surface area contributed by atoms with Gasteiger partial charge in [0.15, 0.2) is 0 Å². The quantitative estimate of drug-likeness (QED) is 0.421. The molecule has 0 radical (unpaired) electrons. The summed E-state index contributed by atoms with van der Waals surface area (Å²) in [6.07, 6.45) is -9.07. The van der Waals surface area contributed by atoms with Crippen molar-refractivity contribution in [2.24, 2.45) is 17.8 Å². The number of carbonyl (C=O) groups is 1. The van der Waals surface area contributed by atoms with Crippen LogP contribution in [-0.2, 0) is 20.2 Å². The summed E-state index contributed by atoms with van der Waals surface area (Å²) in [4.78, 5) is 11.7. The molecule has 0 N–H and O–H groups in total. The van der Waals surface area contributed by atoms with Crippen molar-refractivity contribution < 1.29 is 49.0 Å². The van der Waals surface area contributed by atoms with E-state index in [1.54, 1.807) is 20.8 Å². The summed E-state index contributed by atoms with van der Waals surface area (Å²) in [5, 5.41) is -5.60. The molecule has 0 amide bonds. The second kappa shape index (κ2) is 6.70. The second-order valence-electron chi connectivity index (χ2n) is 7.96. The van der Waals surface area contributed by atoms with E-state index >= 15 is 0 Å². The Hall–Kier alpha value is -1.20. The van der Waals surface area contributed by atoms with Crippen molar-refractivity contribution >= 4 is 16.9 Å². The van der Waals surface area contributed by atoms with Crippen LogP contribution in [0.1, 0.15) is 40.0 Å². The Morgan fingerprint density at radius 2 is 1.48 bits per heavy atom. The SMILES string of the molecule is CC(C)(C)OC(=O)OC1CC2CC1CC2C(F)(C(F)(F)F)C(F)(F)[SH](=O)=O. The highest BCUT2D eigenvalue weighted by Gasteiger charge is 2.78. The second-order valence-corrected chi connectivity index (χ2v) is 9.04. The first kappa shape index (κ1) is 22.1. The zero-order chi connectivity index (χ0) is 21.0. The molecule has 0 spiro atoms. The number of ether oxygens (including phenoxy) is 2. The molecule has 158 valence electrons. The van der Waals surface area contributed by atoms with Gasteiger partial charge in [-0.3, -0.25) is 0 Å². The van der Waals surface area contributed by atoms with Crippen LogP contribution in [0.15, 0.2) is 0 Å². The lowest BCUT2D eigenvalue weighted by Crippen LogP contribution is -2.62. The van der Waals surface area contributed by atoms with Crippen LogP contribution in [0.25, 0.3) is 0 Å². The van der Waals surface area contributed by atoms with Gasteiger partial charge in [0, 0.05) is 5.92 Å². The molecule has 2 bridgehead atoms. The topological polar surface area (TPSA) is 69.7 Å². The number of hydrogen-bond donors (Lipinski definition) is 1. The van der Waals surface area contributed by atoms with E-state index in [1.165, 1.54) is 0 Å². The summed E-state index contributed by atoms with van der Waals surface area (Å²) in [6.45, 7) is 4.70. The molecule has 2 rings (SSSR count). The number of fused-ring (bicyclic) bond motifs is 2. The van der Waals surface area contributed by atoms with Gasteiger partial charge in [-0.15, -0.1) is 0 Å². The van der Waals surface area contributed by atoms with Crippen molar-refractivity contribution in [3.8, 4) is 0 Å². The summed E-state index contributed by atoms with van der Waals surface area (Å²) in [5.74, 6) is -4.23. The summed E-state index contributed by atoms with van der Waals surface area (Å²) in [7, 11) is -5.00. The summed E-state index contributed by atoms with van der Waals surface area (Å²) >= 11 is 0. The van der Waals surface area contributed by atoms with Crippen LogP contribution in [-0.4, -0.2) is 43.4 Å². The van der Waals surface area contributed by atoms with Gasteiger partial charge in [0.2, 0.25) is 10.7 Å². The van der Waals surface area contributed by atoms with E-state index in [1.807, 2.05) is 0 Å². The Balaban J connectivity index is 2.19. The van der Waals surface area contributed by atoms with Crippen molar-refractivity contribution in [2.75, 3.05) is 0 Å². The number of thiol groups is 1. The molecular weight excluding hydrogens is 406 g/mol. The van der Waals surface area contributed by atoms with Gasteiger partial charge in [0.05, 0.1) is 0 Å². The zero-order valence-corrected chi connectivity index (χ0v) is 15.6. The fraction of sp³-hybridized carbons (Fsp3) is 0.933. The number of rotatable bonds is 4. The van der Waals surface area contributed by atoms with Crippen LogP contribution >= 0.6 is 0 Å². The van der Waals surface area contributed by atoms with Gasteiger partial charge in [0.1, 0.15) is 11.7 Å². The van der Waals surface area contributed by atoms with Crippen LogP contribution < -0.4 is 0 Å². The Morgan fingerprint density at radius 1 is 0.926 bits per heavy atom. The number of carbonyl (C=O) groups excluding carboxylic acids is 1. The highest BCUT2D eigenvalue weighted by molar-refractivity contribution is 7.73. The Bertz CT molecular complexity index is 663. The zero-order valence-electron chi connectivity index (χ0n) is 14.7. The fourth-order valence-corrected chi connectivity index (χ4v) is 4.55. The van der Waals surface area contributed by atoms with Gasteiger partial charge in [-0.25, -0.2) is 17.6 Å². The molecule has 27 heavy (non-hydrogen) atoms. The van der Waals surface area contributed by atoms with Crippen molar-refractivity contribution in [3.63, 3.8) is 0 Å². The minimum atomic E-state index is -6.08. The van der Waals surface area contributed by atoms with Gasteiger partial charge in [-0.2, -0.15) is 22.0 Å². The maximum absolute atomic E-state index is 14.7. The van der Waals surface area contributed by atoms with E-state index in [9.17, 15) is 39.6 Å². The van der Waals surface area contributed by atoms with Gasteiger partial charge in [-0.05, 0) is 51.9 Å². The molecule has 2 fully saturated rings. The molecule has 0 aromatic carbocycles. The third-order valence-corrected chi connectivity index (χ3v) is 5.80. The Labute approximate surface area is 153 Å². The maximum Gasteiger partial charge on any atom is 0.509 e. The molecular formula is C15H20F6O5S. The van der Waals surface area contributed by atoms with E-state index in [0.29, 0.717) is 0 Å². The van der Waals surface area contributed by atoms with Gasteiger partial charge in [0.25, 0.3) is 5.67 Å². The van der Waals surface area contributed by atoms with Crippen molar-refractivity contribution in [1.82, 2.24) is 0 Å². The molecule has 5 atom stereocenters. The number of halogens is 6. The van der Waals surface area contributed by atoms with E-state index < -0.39 is 69.8 Å². The van der Waals surface area contributed by atoms with E-state index in [4.69, 9.17) is 9.47 Å². The first-order chi connectivity index (χ1) is 12.0. The molecule has 2 aliphatic carbocycles. The lowest BCUT2D eigenvalue weighted by atomic mass is 9.76. The lowest BCUT2D eigenvalue weighted by molar-refractivity contribution is -0.303. The van der Waals surface area contributed by atoms with Gasteiger partial charge in [-0.1, -0.05) is 0 Å². The Kier molecular flexibility index (Phi) is 5.48.